The minimum Gasteiger partial charge on any atom is -0.337 e. The molecule has 4 aromatic rings. The van der Waals surface area contributed by atoms with Crippen LogP contribution >= 0.6 is 0 Å². The smallest absolute Gasteiger partial charge is 0.161 e. The number of fused-ring (bicyclic) bond motifs is 1. The third-order valence-electron chi connectivity index (χ3n) is 4.53. The highest BCUT2D eigenvalue weighted by molar-refractivity contribution is 5.73. The molecule has 0 aliphatic rings. The van der Waals surface area contributed by atoms with Gasteiger partial charge in [0.15, 0.2) is 5.65 Å². The van der Waals surface area contributed by atoms with Crippen LogP contribution in [0.1, 0.15) is 27.9 Å². The fourth-order valence-electron chi connectivity index (χ4n) is 2.91. The van der Waals surface area contributed by atoms with E-state index in [2.05, 4.69) is 52.8 Å². The van der Waals surface area contributed by atoms with Gasteiger partial charge in [0.2, 0.25) is 0 Å². The molecule has 0 saturated carbocycles. The first-order valence-corrected chi connectivity index (χ1v) is 9.05. The van der Waals surface area contributed by atoms with Crippen molar-refractivity contribution in [3.05, 3.63) is 95.6 Å². The van der Waals surface area contributed by atoms with E-state index in [0.29, 0.717) is 0 Å². The fraction of sp³-hybridized carbons (Fsp3) is 0.0833. The third-order valence-corrected chi connectivity index (χ3v) is 4.53. The topological polar surface area (TPSA) is 42.2 Å². The summed E-state index contributed by atoms with van der Waals surface area (Å²) in [5.41, 5.74) is 6.84. The van der Waals surface area contributed by atoms with E-state index in [4.69, 9.17) is 0 Å². The molecule has 4 rings (SSSR count). The largest absolute Gasteiger partial charge is 0.337 e. The van der Waals surface area contributed by atoms with Crippen LogP contribution in [-0.4, -0.2) is 14.4 Å². The van der Waals surface area contributed by atoms with Crippen LogP contribution in [0.15, 0.2) is 67.6 Å². The molecule has 0 radical (unpaired) electrons. The van der Waals surface area contributed by atoms with Crippen molar-refractivity contribution in [1.29, 1.82) is 0 Å². The quantitative estimate of drug-likeness (QED) is 0.512. The Balaban J connectivity index is 1.69. The Kier molecular flexibility index (Phi) is 4.65. The molecule has 136 valence electrons. The van der Waals surface area contributed by atoms with Crippen LogP contribution in [0.5, 0.6) is 0 Å². The lowest BCUT2D eigenvalue weighted by Gasteiger charge is -2.07. The second-order valence-electron chi connectivity index (χ2n) is 6.63. The zero-order valence-electron chi connectivity index (χ0n) is 15.9. The number of imidazole rings is 1. The molecule has 3 aromatic heterocycles. The van der Waals surface area contributed by atoms with Crippen molar-refractivity contribution in [1.82, 2.24) is 14.4 Å². The van der Waals surface area contributed by atoms with Crippen molar-refractivity contribution < 1.29 is 0 Å². The number of benzene rings is 1. The molecule has 1 aromatic carbocycles. The number of hydrogen-bond donors (Lipinski definition) is 1. The number of nitrogens with zero attached hydrogens (tertiary/aromatic N) is 3. The summed E-state index contributed by atoms with van der Waals surface area (Å²) >= 11 is 0. The molecule has 3 heterocycles. The lowest BCUT2D eigenvalue weighted by atomic mass is 10.1. The molecule has 0 amide bonds. The van der Waals surface area contributed by atoms with Gasteiger partial charge in [0.05, 0.1) is 11.9 Å². The number of rotatable bonds is 3. The number of anilines is 2. The Morgan fingerprint density at radius 3 is 2.71 bits per heavy atom. The summed E-state index contributed by atoms with van der Waals surface area (Å²) in [5, 5.41) is 3.33. The molecule has 0 unspecified atom stereocenters. The zero-order chi connectivity index (χ0) is 19.5. The first-order chi connectivity index (χ1) is 13.6. The Labute approximate surface area is 164 Å². The molecule has 0 aliphatic carbocycles. The molecule has 28 heavy (non-hydrogen) atoms. The monoisotopic (exact) mass is 364 g/mol. The predicted octanol–water partition coefficient (Wildman–Crippen LogP) is 5.13. The van der Waals surface area contributed by atoms with E-state index in [1.54, 1.807) is 6.20 Å². The predicted molar refractivity (Wildman–Crippen MR) is 115 cm³/mol. The molecular formula is C24H20N4. The van der Waals surface area contributed by atoms with Crippen LogP contribution < -0.4 is 5.32 Å². The molecule has 0 atom stereocenters. The molecule has 1 N–H and O–H groups in total. The van der Waals surface area contributed by atoms with Crippen LogP contribution in [-0.2, 0) is 0 Å². The van der Waals surface area contributed by atoms with Gasteiger partial charge < -0.3 is 5.32 Å². The van der Waals surface area contributed by atoms with Gasteiger partial charge in [-0.2, -0.15) is 0 Å². The SMILES string of the molecule is C=Cc1ccc(C)c(C#Cc2cnc3c(Nc4ccc(C)cn4)cccn23)c1. The van der Waals surface area contributed by atoms with Crippen molar-refractivity contribution in [2.45, 2.75) is 13.8 Å². The minimum absolute atomic E-state index is 0.784. The van der Waals surface area contributed by atoms with Crippen LogP contribution in [0, 0.1) is 25.7 Å². The van der Waals surface area contributed by atoms with Crippen molar-refractivity contribution >= 4 is 23.2 Å². The average molecular weight is 364 g/mol. The molecule has 0 spiro atoms. The van der Waals surface area contributed by atoms with Crippen LogP contribution in [0.3, 0.4) is 0 Å². The van der Waals surface area contributed by atoms with Gasteiger partial charge in [-0.1, -0.05) is 36.8 Å². The highest BCUT2D eigenvalue weighted by atomic mass is 15.1. The first-order valence-electron chi connectivity index (χ1n) is 9.05. The molecule has 0 bridgehead atoms. The summed E-state index contributed by atoms with van der Waals surface area (Å²) in [6, 6.07) is 14.1. The lowest BCUT2D eigenvalue weighted by Crippen LogP contribution is -1.97. The minimum atomic E-state index is 0.784. The summed E-state index contributed by atoms with van der Waals surface area (Å²) in [6.45, 7) is 7.90. The molecular weight excluding hydrogens is 344 g/mol. The van der Waals surface area contributed by atoms with Crippen LogP contribution in [0.2, 0.25) is 0 Å². The summed E-state index contributed by atoms with van der Waals surface area (Å²) in [5.74, 6) is 7.30. The van der Waals surface area contributed by atoms with Crippen molar-refractivity contribution in [2.24, 2.45) is 0 Å². The lowest BCUT2D eigenvalue weighted by molar-refractivity contribution is 1.16. The maximum atomic E-state index is 4.55. The van der Waals surface area contributed by atoms with E-state index in [1.807, 2.05) is 60.1 Å². The van der Waals surface area contributed by atoms with E-state index < -0.39 is 0 Å². The Morgan fingerprint density at radius 2 is 1.93 bits per heavy atom. The van der Waals surface area contributed by atoms with E-state index in [1.165, 1.54) is 0 Å². The number of aryl methyl sites for hydroxylation is 2. The summed E-state index contributed by atoms with van der Waals surface area (Å²) < 4.78 is 1.98. The zero-order valence-corrected chi connectivity index (χ0v) is 15.9. The van der Waals surface area contributed by atoms with E-state index in [0.717, 1.165) is 45.1 Å². The molecule has 0 aliphatic heterocycles. The average Bonchev–Trinajstić information content (AvgIpc) is 3.13. The van der Waals surface area contributed by atoms with E-state index in [-0.39, 0.29) is 0 Å². The summed E-state index contributed by atoms with van der Waals surface area (Å²) in [6.07, 6.45) is 7.43. The second-order valence-corrected chi connectivity index (χ2v) is 6.63. The molecule has 4 heteroatoms. The molecule has 4 nitrogen and oxygen atoms in total. The Morgan fingerprint density at radius 1 is 1.04 bits per heavy atom. The van der Waals surface area contributed by atoms with Gasteiger partial charge in [0.25, 0.3) is 0 Å². The Bertz CT molecular complexity index is 1220. The van der Waals surface area contributed by atoms with Gasteiger partial charge in [-0.15, -0.1) is 0 Å². The van der Waals surface area contributed by atoms with Gasteiger partial charge in [-0.05, 0) is 60.7 Å². The molecule has 0 fully saturated rings. The maximum Gasteiger partial charge on any atom is 0.161 e. The van der Waals surface area contributed by atoms with Crippen LogP contribution in [0.25, 0.3) is 11.7 Å². The van der Waals surface area contributed by atoms with Gasteiger partial charge in [0, 0.05) is 18.0 Å². The van der Waals surface area contributed by atoms with Crippen LogP contribution in [0.4, 0.5) is 11.5 Å². The standard InChI is InChI=1S/C24H20N4/c1-4-19-9-8-18(3)20(14-19)10-11-21-16-26-24-22(6-5-13-28(21)24)27-23-12-7-17(2)15-25-23/h4-9,12-16H,1H2,2-3H3,(H,25,27). The number of pyridine rings is 2. The highest BCUT2D eigenvalue weighted by Gasteiger charge is 2.07. The van der Waals surface area contributed by atoms with Crippen molar-refractivity contribution in [2.75, 3.05) is 5.32 Å². The fourth-order valence-corrected chi connectivity index (χ4v) is 2.91. The van der Waals surface area contributed by atoms with E-state index in [9.17, 15) is 0 Å². The van der Waals surface area contributed by atoms with Gasteiger partial charge in [-0.25, -0.2) is 9.97 Å². The highest BCUT2D eigenvalue weighted by Crippen LogP contribution is 2.21. The maximum absolute atomic E-state index is 4.55. The molecule has 0 saturated heterocycles. The van der Waals surface area contributed by atoms with Crippen molar-refractivity contribution in [3.63, 3.8) is 0 Å². The Hall–Kier alpha value is -3.84. The van der Waals surface area contributed by atoms with Gasteiger partial charge >= 0.3 is 0 Å². The third kappa shape index (κ3) is 3.51. The van der Waals surface area contributed by atoms with Crippen molar-refractivity contribution in [3.8, 4) is 11.8 Å². The number of aromatic nitrogens is 3. The van der Waals surface area contributed by atoms with Gasteiger partial charge in [-0.3, -0.25) is 4.40 Å². The van der Waals surface area contributed by atoms with Gasteiger partial charge in [0.1, 0.15) is 11.5 Å². The first kappa shape index (κ1) is 17.6. The van der Waals surface area contributed by atoms with E-state index >= 15 is 0 Å². The summed E-state index contributed by atoms with van der Waals surface area (Å²) in [4.78, 5) is 8.96. The normalized spacial score (nSPS) is 10.4. The second kappa shape index (κ2) is 7.42. The number of hydrogen-bond acceptors (Lipinski definition) is 3. The summed E-state index contributed by atoms with van der Waals surface area (Å²) in [7, 11) is 0. The number of nitrogens with one attached hydrogen (secondary N) is 1.